The van der Waals surface area contributed by atoms with Crippen LogP contribution in [0.2, 0.25) is 0 Å². The molecular weight excluding hydrogens is 306 g/mol. The number of benzene rings is 2. The molecule has 120 valence electrons. The number of carbonyl (C=O) groups is 3. The molecule has 0 spiro atoms. The lowest BCUT2D eigenvalue weighted by Gasteiger charge is -2.14. The molecule has 0 atom stereocenters. The van der Waals surface area contributed by atoms with Crippen molar-refractivity contribution in [2.24, 2.45) is 0 Å². The van der Waals surface area contributed by atoms with E-state index in [2.05, 4.69) is 6.92 Å². The first-order valence-electron chi connectivity index (χ1n) is 7.80. The summed E-state index contributed by atoms with van der Waals surface area (Å²) < 4.78 is 0. The summed E-state index contributed by atoms with van der Waals surface area (Å²) in [5.74, 6) is -1.95. The largest absolute Gasteiger partial charge is 0.363 e. The zero-order chi connectivity index (χ0) is 16.9. The van der Waals surface area contributed by atoms with Crippen molar-refractivity contribution in [1.82, 2.24) is 5.06 Å². The van der Waals surface area contributed by atoms with Gasteiger partial charge in [0.1, 0.15) is 0 Å². The van der Waals surface area contributed by atoms with E-state index >= 15 is 0 Å². The molecule has 0 radical (unpaired) electrons. The molecule has 2 amide bonds. The summed E-state index contributed by atoms with van der Waals surface area (Å²) in [7, 11) is 0. The van der Waals surface area contributed by atoms with Crippen molar-refractivity contribution in [3.05, 3.63) is 70.8 Å². The second kappa shape index (κ2) is 5.03. The van der Waals surface area contributed by atoms with Gasteiger partial charge in [0.05, 0.1) is 16.7 Å². The molecule has 4 rings (SSSR count). The van der Waals surface area contributed by atoms with Crippen LogP contribution in [0.15, 0.2) is 48.5 Å². The quantitative estimate of drug-likeness (QED) is 0.815. The Hall–Kier alpha value is -2.95. The molecule has 5 nitrogen and oxygen atoms in total. The molecule has 1 saturated carbocycles. The summed E-state index contributed by atoms with van der Waals surface area (Å²) >= 11 is 0. The monoisotopic (exact) mass is 321 g/mol. The summed E-state index contributed by atoms with van der Waals surface area (Å²) in [6.45, 7) is 2.14. The molecule has 0 aromatic heterocycles. The Bertz CT molecular complexity index is 847. The molecule has 1 aliphatic heterocycles. The van der Waals surface area contributed by atoms with Gasteiger partial charge >= 0.3 is 5.97 Å². The Labute approximate surface area is 138 Å². The van der Waals surface area contributed by atoms with Crippen molar-refractivity contribution in [1.29, 1.82) is 0 Å². The molecule has 1 heterocycles. The van der Waals surface area contributed by atoms with E-state index in [0.717, 1.165) is 18.4 Å². The van der Waals surface area contributed by atoms with E-state index in [1.807, 2.05) is 6.07 Å². The molecule has 0 unspecified atom stereocenters. The lowest BCUT2D eigenvalue weighted by Crippen LogP contribution is -2.32. The smallest absolute Gasteiger partial charge is 0.324 e. The summed E-state index contributed by atoms with van der Waals surface area (Å²) in [6.07, 6.45) is 2.17. The highest BCUT2D eigenvalue weighted by Gasteiger charge is 2.40. The van der Waals surface area contributed by atoms with Gasteiger partial charge in [-0.15, -0.1) is 0 Å². The van der Waals surface area contributed by atoms with Crippen molar-refractivity contribution in [2.45, 2.75) is 25.2 Å². The normalized spacial score (nSPS) is 17.6. The lowest BCUT2D eigenvalue weighted by atomic mass is 9.96. The Morgan fingerprint density at radius 3 is 2.21 bits per heavy atom. The zero-order valence-corrected chi connectivity index (χ0v) is 13.1. The first-order chi connectivity index (χ1) is 11.5. The fraction of sp³-hybridized carbons (Fsp3) is 0.211. The molecule has 24 heavy (non-hydrogen) atoms. The highest BCUT2D eigenvalue weighted by molar-refractivity contribution is 6.21. The zero-order valence-electron chi connectivity index (χ0n) is 13.1. The van der Waals surface area contributed by atoms with E-state index in [4.69, 9.17) is 4.84 Å². The van der Waals surface area contributed by atoms with Gasteiger partial charge in [-0.25, -0.2) is 4.79 Å². The number of rotatable bonds is 3. The minimum Gasteiger partial charge on any atom is -0.324 e. The van der Waals surface area contributed by atoms with Crippen LogP contribution in [0.4, 0.5) is 0 Å². The van der Waals surface area contributed by atoms with Crippen LogP contribution >= 0.6 is 0 Å². The van der Waals surface area contributed by atoms with Crippen LogP contribution in [0.3, 0.4) is 0 Å². The summed E-state index contributed by atoms with van der Waals surface area (Å²) in [5, 5.41) is 0.540. The predicted octanol–water partition coefficient (Wildman–Crippen LogP) is 3.11. The van der Waals surface area contributed by atoms with Gasteiger partial charge in [-0.05, 0) is 48.1 Å². The van der Waals surface area contributed by atoms with Crippen molar-refractivity contribution in [3.63, 3.8) is 0 Å². The van der Waals surface area contributed by atoms with Gasteiger partial charge in [-0.3, -0.25) is 9.59 Å². The van der Waals surface area contributed by atoms with E-state index in [0.29, 0.717) is 10.6 Å². The predicted molar refractivity (Wildman–Crippen MR) is 85.4 cm³/mol. The van der Waals surface area contributed by atoms with Gasteiger partial charge in [0.2, 0.25) is 0 Å². The van der Waals surface area contributed by atoms with E-state index < -0.39 is 17.8 Å². The van der Waals surface area contributed by atoms with Crippen molar-refractivity contribution >= 4 is 17.8 Å². The minimum atomic E-state index is -0.712. The number of hydrogen-bond acceptors (Lipinski definition) is 4. The number of imide groups is 1. The van der Waals surface area contributed by atoms with Gasteiger partial charge in [0.15, 0.2) is 0 Å². The fourth-order valence-corrected chi connectivity index (χ4v) is 2.88. The summed E-state index contributed by atoms with van der Waals surface area (Å²) in [6, 6.07) is 13.6. The van der Waals surface area contributed by atoms with Crippen molar-refractivity contribution in [3.8, 4) is 0 Å². The van der Waals surface area contributed by atoms with E-state index in [1.54, 1.807) is 30.3 Å². The van der Waals surface area contributed by atoms with E-state index in [9.17, 15) is 14.4 Å². The summed E-state index contributed by atoms with van der Waals surface area (Å²) in [4.78, 5) is 41.9. The number of hydroxylamine groups is 2. The minimum absolute atomic E-state index is 0.117. The van der Waals surface area contributed by atoms with Gasteiger partial charge in [0.25, 0.3) is 11.8 Å². The molecule has 2 aliphatic rings. The third-order valence-electron chi connectivity index (χ3n) is 4.73. The first kappa shape index (κ1) is 14.6. The third-order valence-corrected chi connectivity index (χ3v) is 4.73. The molecule has 0 N–H and O–H groups in total. The molecule has 1 aliphatic carbocycles. The van der Waals surface area contributed by atoms with E-state index in [1.165, 1.54) is 12.1 Å². The SMILES string of the molecule is CC1(c2cccc(C(=O)ON3C(=O)c4ccccc4C3=O)c2)CC1. The lowest BCUT2D eigenvalue weighted by molar-refractivity contribution is -0.0584. The van der Waals surface area contributed by atoms with Crippen molar-refractivity contribution < 1.29 is 19.2 Å². The Morgan fingerprint density at radius 1 is 1.00 bits per heavy atom. The molecule has 0 bridgehead atoms. The number of hydrogen-bond donors (Lipinski definition) is 0. The highest BCUT2D eigenvalue weighted by atomic mass is 16.7. The number of amides is 2. The highest BCUT2D eigenvalue weighted by Crippen LogP contribution is 2.47. The van der Waals surface area contributed by atoms with Gasteiger partial charge in [-0.1, -0.05) is 36.3 Å². The van der Waals surface area contributed by atoms with Crippen LogP contribution in [0.25, 0.3) is 0 Å². The Balaban J connectivity index is 1.57. The molecule has 2 aromatic rings. The Kier molecular flexibility index (Phi) is 3.06. The standard InChI is InChI=1S/C19H15NO4/c1-19(9-10-19)13-6-4-5-12(11-13)18(23)24-20-16(21)14-7-2-3-8-15(14)17(20)22/h2-8,11H,9-10H2,1H3. The Morgan fingerprint density at radius 2 is 1.62 bits per heavy atom. The third kappa shape index (κ3) is 2.21. The van der Waals surface area contributed by atoms with Crippen LogP contribution < -0.4 is 0 Å². The van der Waals surface area contributed by atoms with Crippen molar-refractivity contribution in [2.75, 3.05) is 0 Å². The molecular formula is C19H15NO4. The van der Waals surface area contributed by atoms with Crippen LogP contribution in [-0.2, 0) is 10.3 Å². The summed E-state index contributed by atoms with van der Waals surface area (Å²) in [5.41, 5.74) is 2.01. The molecule has 1 fully saturated rings. The maximum absolute atomic E-state index is 12.4. The molecule has 0 saturated heterocycles. The number of carbonyl (C=O) groups excluding carboxylic acids is 3. The number of fused-ring (bicyclic) bond motifs is 1. The topological polar surface area (TPSA) is 63.7 Å². The number of nitrogens with zero attached hydrogens (tertiary/aromatic N) is 1. The molecule has 5 heteroatoms. The van der Waals surface area contributed by atoms with Gasteiger partial charge < -0.3 is 4.84 Å². The first-order valence-corrected chi connectivity index (χ1v) is 7.80. The molecule has 2 aromatic carbocycles. The van der Waals surface area contributed by atoms with Crippen LogP contribution in [0.1, 0.15) is 56.4 Å². The van der Waals surface area contributed by atoms with E-state index in [-0.39, 0.29) is 16.5 Å². The average Bonchev–Trinajstić information content (AvgIpc) is 3.32. The maximum atomic E-state index is 12.4. The van der Waals surface area contributed by atoms with Crippen LogP contribution in [0.5, 0.6) is 0 Å². The van der Waals surface area contributed by atoms with Crippen LogP contribution in [0, 0.1) is 0 Å². The fourth-order valence-electron chi connectivity index (χ4n) is 2.88. The van der Waals surface area contributed by atoms with Crippen LogP contribution in [-0.4, -0.2) is 22.8 Å². The maximum Gasteiger partial charge on any atom is 0.363 e. The second-order valence-corrected chi connectivity index (χ2v) is 6.47. The second-order valence-electron chi connectivity index (χ2n) is 6.47. The average molecular weight is 321 g/mol. The van der Waals surface area contributed by atoms with Gasteiger partial charge in [0, 0.05) is 0 Å². The van der Waals surface area contributed by atoms with Gasteiger partial charge in [-0.2, -0.15) is 0 Å².